The van der Waals surface area contributed by atoms with Crippen molar-refractivity contribution in [2.24, 2.45) is 28.6 Å². The number of ketones is 1. The summed E-state index contributed by atoms with van der Waals surface area (Å²) < 4.78 is 5.58. The average molecular weight is 419 g/mol. The number of carbonyl (C=O) groups excluding carboxylic acids is 2. The standard InChI is InChI=1S/C27H46O3/c1-10-12-24(28)22-15-14-21(17-23(22)25(29)30-18-19(2)3)27(8,9)16-11-13-20(4)26(5,6)7/h13-14,19,22-23H,10-12,15-18H2,1-9H3/b20-13+. The summed E-state index contributed by atoms with van der Waals surface area (Å²) in [5, 5.41) is 0. The Morgan fingerprint density at radius 1 is 1.17 bits per heavy atom. The van der Waals surface area contributed by atoms with E-state index in [1.165, 1.54) is 11.1 Å². The van der Waals surface area contributed by atoms with Crippen molar-refractivity contribution >= 4 is 11.8 Å². The van der Waals surface area contributed by atoms with Gasteiger partial charge in [0.1, 0.15) is 5.78 Å². The Morgan fingerprint density at radius 2 is 1.80 bits per heavy atom. The van der Waals surface area contributed by atoms with Crippen LogP contribution in [0.2, 0.25) is 0 Å². The first-order chi connectivity index (χ1) is 13.8. The molecule has 1 rings (SSSR count). The molecule has 172 valence electrons. The van der Waals surface area contributed by atoms with Gasteiger partial charge in [-0.25, -0.2) is 0 Å². The van der Waals surface area contributed by atoms with Crippen LogP contribution in [-0.4, -0.2) is 18.4 Å². The van der Waals surface area contributed by atoms with Crippen LogP contribution in [0, 0.1) is 28.6 Å². The molecule has 3 heteroatoms. The summed E-state index contributed by atoms with van der Waals surface area (Å²) in [6.45, 7) is 20.0. The van der Waals surface area contributed by atoms with E-state index in [2.05, 4.69) is 53.7 Å². The summed E-state index contributed by atoms with van der Waals surface area (Å²) in [5.74, 6) is -0.253. The third-order valence-electron chi connectivity index (χ3n) is 6.59. The minimum Gasteiger partial charge on any atom is -0.465 e. The van der Waals surface area contributed by atoms with Crippen molar-refractivity contribution in [1.82, 2.24) is 0 Å². The van der Waals surface area contributed by atoms with Gasteiger partial charge in [-0.05, 0) is 55.8 Å². The quantitative estimate of drug-likeness (QED) is 0.276. The zero-order chi connectivity index (χ0) is 23.1. The minimum absolute atomic E-state index is 0.00398. The van der Waals surface area contributed by atoms with Crippen LogP contribution in [0.3, 0.4) is 0 Å². The van der Waals surface area contributed by atoms with Crippen molar-refractivity contribution < 1.29 is 14.3 Å². The lowest BCUT2D eigenvalue weighted by atomic mass is 9.68. The SMILES string of the molecule is CCCC(=O)C1CC=C(C(C)(C)CC/C=C(\C)C(C)(C)C)CC1C(=O)OCC(C)C. The molecule has 0 radical (unpaired) electrons. The summed E-state index contributed by atoms with van der Waals surface area (Å²) in [6.07, 6.45) is 9.33. The maximum absolute atomic E-state index is 12.9. The van der Waals surface area contributed by atoms with E-state index in [9.17, 15) is 9.59 Å². The lowest BCUT2D eigenvalue weighted by Gasteiger charge is -2.36. The smallest absolute Gasteiger partial charge is 0.310 e. The summed E-state index contributed by atoms with van der Waals surface area (Å²) >= 11 is 0. The summed E-state index contributed by atoms with van der Waals surface area (Å²) in [5.41, 5.74) is 2.92. The highest BCUT2D eigenvalue weighted by Crippen LogP contribution is 2.43. The first-order valence-corrected chi connectivity index (χ1v) is 11.9. The summed E-state index contributed by atoms with van der Waals surface area (Å²) in [7, 11) is 0. The predicted octanol–water partition coefficient (Wildman–Crippen LogP) is 7.31. The summed E-state index contributed by atoms with van der Waals surface area (Å²) in [4.78, 5) is 25.6. The van der Waals surface area contributed by atoms with Gasteiger partial charge < -0.3 is 4.74 Å². The van der Waals surface area contributed by atoms with Crippen LogP contribution in [0.4, 0.5) is 0 Å². The Morgan fingerprint density at radius 3 is 2.33 bits per heavy atom. The van der Waals surface area contributed by atoms with Gasteiger partial charge in [0.05, 0.1) is 12.5 Å². The second-order valence-corrected chi connectivity index (χ2v) is 11.2. The van der Waals surface area contributed by atoms with E-state index in [4.69, 9.17) is 4.74 Å². The molecule has 0 saturated carbocycles. The molecule has 0 aromatic heterocycles. The van der Waals surface area contributed by atoms with E-state index in [0.717, 1.165) is 19.3 Å². The molecule has 0 aromatic carbocycles. The Kier molecular flexibility index (Phi) is 10.0. The van der Waals surface area contributed by atoms with Crippen molar-refractivity contribution in [3.63, 3.8) is 0 Å². The normalized spacial score (nSPS) is 20.9. The Labute approximate surface area is 185 Å². The molecule has 2 unspecified atom stereocenters. The first-order valence-electron chi connectivity index (χ1n) is 11.9. The second kappa shape index (κ2) is 11.3. The fraction of sp³-hybridized carbons (Fsp3) is 0.778. The summed E-state index contributed by atoms with van der Waals surface area (Å²) in [6, 6.07) is 0. The molecule has 3 nitrogen and oxygen atoms in total. The van der Waals surface area contributed by atoms with Crippen LogP contribution in [0.1, 0.15) is 101 Å². The van der Waals surface area contributed by atoms with Gasteiger partial charge in [-0.1, -0.05) is 78.7 Å². The van der Waals surface area contributed by atoms with E-state index < -0.39 is 0 Å². The van der Waals surface area contributed by atoms with E-state index in [0.29, 0.717) is 31.8 Å². The van der Waals surface area contributed by atoms with Gasteiger partial charge in [0.25, 0.3) is 0 Å². The zero-order valence-electron chi connectivity index (χ0n) is 21.1. The van der Waals surface area contributed by atoms with Gasteiger partial charge >= 0.3 is 5.97 Å². The van der Waals surface area contributed by atoms with E-state index >= 15 is 0 Å². The Hall–Kier alpha value is -1.38. The van der Waals surface area contributed by atoms with Crippen molar-refractivity contribution in [3.8, 4) is 0 Å². The molecule has 2 atom stereocenters. The molecule has 0 spiro atoms. The van der Waals surface area contributed by atoms with Gasteiger partial charge in [-0.15, -0.1) is 0 Å². The molecule has 30 heavy (non-hydrogen) atoms. The van der Waals surface area contributed by atoms with Gasteiger partial charge in [-0.3, -0.25) is 9.59 Å². The molecular weight excluding hydrogens is 372 g/mol. The molecule has 0 bridgehead atoms. The van der Waals surface area contributed by atoms with Gasteiger partial charge in [0, 0.05) is 12.3 Å². The average Bonchev–Trinajstić information content (AvgIpc) is 2.64. The number of esters is 1. The predicted molar refractivity (Wildman–Crippen MR) is 126 cm³/mol. The van der Waals surface area contributed by atoms with Crippen LogP contribution < -0.4 is 0 Å². The Bertz CT molecular complexity index is 644. The number of hydrogen-bond acceptors (Lipinski definition) is 3. The van der Waals surface area contributed by atoms with Crippen molar-refractivity contribution in [1.29, 1.82) is 0 Å². The van der Waals surface area contributed by atoms with Crippen LogP contribution in [0.25, 0.3) is 0 Å². The minimum atomic E-state index is -0.339. The molecule has 1 aliphatic rings. The zero-order valence-corrected chi connectivity index (χ0v) is 21.1. The molecular formula is C27H46O3. The molecule has 0 fully saturated rings. The molecule has 0 saturated heterocycles. The molecule has 0 heterocycles. The molecule has 0 aromatic rings. The second-order valence-electron chi connectivity index (χ2n) is 11.2. The van der Waals surface area contributed by atoms with Crippen LogP contribution in [-0.2, 0) is 14.3 Å². The molecule has 1 aliphatic carbocycles. The third-order valence-corrected chi connectivity index (χ3v) is 6.59. The highest BCUT2D eigenvalue weighted by Gasteiger charge is 2.39. The lowest BCUT2D eigenvalue weighted by Crippen LogP contribution is -2.36. The van der Waals surface area contributed by atoms with Crippen molar-refractivity contribution in [2.75, 3.05) is 6.61 Å². The Balaban J connectivity index is 2.96. The number of allylic oxidation sites excluding steroid dienone is 4. The number of rotatable bonds is 10. The number of ether oxygens (including phenoxy) is 1. The topological polar surface area (TPSA) is 43.4 Å². The van der Waals surface area contributed by atoms with Crippen LogP contribution >= 0.6 is 0 Å². The molecule has 0 aliphatic heterocycles. The van der Waals surface area contributed by atoms with Crippen LogP contribution in [0.15, 0.2) is 23.3 Å². The third kappa shape index (κ3) is 8.04. The number of carbonyl (C=O) groups is 2. The monoisotopic (exact) mass is 418 g/mol. The lowest BCUT2D eigenvalue weighted by molar-refractivity contribution is -0.154. The van der Waals surface area contributed by atoms with E-state index in [1.54, 1.807) is 0 Å². The fourth-order valence-corrected chi connectivity index (χ4v) is 3.96. The maximum atomic E-state index is 12.9. The fourth-order valence-electron chi connectivity index (χ4n) is 3.96. The van der Waals surface area contributed by atoms with E-state index in [1.807, 2.05) is 20.8 Å². The van der Waals surface area contributed by atoms with E-state index in [-0.39, 0.29) is 34.4 Å². The number of hydrogen-bond donors (Lipinski definition) is 0. The highest BCUT2D eigenvalue weighted by atomic mass is 16.5. The van der Waals surface area contributed by atoms with Gasteiger partial charge in [0.2, 0.25) is 0 Å². The van der Waals surface area contributed by atoms with Crippen molar-refractivity contribution in [2.45, 2.75) is 101 Å². The highest BCUT2D eigenvalue weighted by molar-refractivity contribution is 5.87. The van der Waals surface area contributed by atoms with Crippen LogP contribution in [0.5, 0.6) is 0 Å². The van der Waals surface area contributed by atoms with Crippen molar-refractivity contribution in [3.05, 3.63) is 23.3 Å². The first kappa shape index (κ1) is 26.7. The molecule has 0 N–H and O–H groups in total. The van der Waals surface area contributed by atoms with Gasteiger partial charge in [0.15, 0.2) is 0 Å². The van der Waals surface area contributed by atoms with Gasteiger partial charge in [-0.2, -0.15) is 0 Å². The largest absolute Gasteiger partial charge is 0.465 e. The number of Topliss-reactive ketones (excluding diaryl/α,β-unsaturated/α-hetero) is 1. The maximum Gasteiger partial charge on any atom is 0.310 e. The molecule has 0 amide bonds.